The molecule has 110 valence electrons. The van der Waals surface area contributed by atoms with Crippen LogP contribution in [0, 0.1) is 0 Å². The molecule has 0 unspecified atom stereocenters. The summed E-state index contributed by atoms with van der Waals surface area (Å²) in [4.78, 5) is 19.9. The molecule has 0 aliphatic rings. The van der Waals surface area contributed by atoms with Gasteiger partial charge in [-0.2, -0.15) is 0 Å². The van der Waals surface area contributed by atoms with E-state index in [2.05, 4.69) is 15.3 Å². The molecular formula is C16H13N3O3. The normalized spacial score (nSPS) is 10.4. The molecule has 0 aliphatic carbocycles. The molecule has 6 nitrogen and oxygen atoms in total. The van der Waals surface area contributed by atoms with Crippen molar-refractivity contribution >= 4 is 22.8 Å². The second-order valence-corrected chi connectivity index (χ2v) is 4.55. The summed E-state index contributed by atoms with van der Waals surface area (Å²) in [6.45, 7) is 0. The van der Waals surface area contributed by atoms with Gasteiger partial charge in [0.1, 0.15) is 5.69 Å². The van der Waals surface area contributed by atoms with Crippen molar-refractivity contribution in [3.63, 3.8) is 0 Å². The van der Waals surface area contributed by atoms with Gasteiger partial charge in [0.25, 0.3) is 0 Å². The Kier molecular flexibility index (Phi) is 3.57. The van der Waals surface area contributed by atoms with Crippen LogP contribution in [0.25, 0.3) is 22.3 Å². The van der Waals surface area contributed by atoms with Crippen LogP contribution in [-0.2, 0) is 0 Å². The van der Waals surface area contributed by atoms with Crippen LogP contribution in [-0.4, -0.2) is 28.3 Å². The molecule has 3 aromatic rings. The van der Waals surface area contributed by atoms with Gasteiger partial charge >= 0.3 is 6.09 Å². The molecule has 1 heterocycles. The van der Waals surface area contributed by atoms with Gasteiger partial charge in [0.15, 0.2) is 0 Å². The fraction of sp³-hybridized carbons (Fsp3) is 0.0625. The lowest BCUT2D eigenvalue weighted by Gasteiger charge is -2.12. The Morgan fingerprint density at radius 1 is 1.05 bits per heavy atom. The highest BCUT2D eigenvalue weighted by atomic mass is 16.5. The van der Waals surface area contributed by atoms with E-state index in [0.29, 0.717) is 33.9 Å². The maximum atomic E-state index is 10.9. The van der Waals surface area contributed by atoms with Crippen LogP contribution in [0.3, 0.4) is 0 Å². The van der Waals surface area contributed by atoms with Crippen molar-refractivity contribution in [2.45, 2.75) is 0 Å². The second kappa shape index (κ2) is 5.69. The van der Waals surface area contributed by atoms with E-state index >= 15 is 0 Å². The summed E-state index contributed by atoms with van der Waals surface area (Å²) in [6.07, 6.45) is -1.14. The molecule has 0 fully saturated rings. The maximum Gasteiger partial charge on any atom is 0.409 e. The van der Waals surface area contributed by atoms with Crippen LogP contribution < -0.4 is 10.1 Å². The molecule has 0 radical (unpaired) electrons. The van der Waals surface area contributed by atoms with E-state index in [4.69, 9.17) is 9.84 Å². The third kappa shape index (κ3) is 2.54. The van der Waals surface area contributed by atoms with Crippen LogP contribution in [0.5, 0.6) is 5.88 Å². The molecular weight excluding hydrogens is 282 g/mol. The number of benzene rings is 2. The Bertz CT molecular complexity index is 849. The van der Waals surface area contributed by atoms with Gasteiger partial charge in [0.2, 0.25) is 5.88 Å². The summed E-state index contributed by atoms with van der Waals surface area (Å²) in [7, 11) is 1.51. The van der Waals surface area contributed by atoms with Crippen LogP contribution in [0.1, 0.15) is 0 Å². The van der Waals surface area contributed by atoms with Crippen LogP contribution in [0.2, 0.25) is 0 Å². The first-order chi connectivity index (χ1) is 10.7. The Morgan fingerprint density at radius 3 is 2.36 bits per heavy atom. The molecule has 0 saturated carbocycles. The van der Waals surface area contributed by atoms with Gasteiger partial charge in [-0.05, 0) is 18.2 Å². The molecule has 0 saturated heterocycles. The lowest BCUT2D eigenvalue weighted by Crippen LogP contribution is -2.08. The lowest BCUT2D eigenvalue weighted by molar-refractivity contribution is 0.210. The molecule has 0 atom stereocenters. The summed E-state index contributed by atoms with van der Waals surface area (Å²) >= 11 is 0. The molecule has 2 aromatic carbocycles. The number of aromatic nitrogens is 2. The zero-order valence-electron chi connectivity index (χ0n) is 11.8. The van der Waals surface area contributed by atoms with Crippen molar-refractivity contribution in [3.8, 4) is 17.1 Å². The quantitative estimate of drug-likeness (QED) is 0.773. The number of amides is 1. The molecule has 3 rings (SSSR count). The summed E-state index contributed by atoms with van der Waals surface area (Å²) in [5.41, 5.74) is 2.96. The van der Waals surface area contributed by atoms with Gasteiger partial charge in [0, 0.05) is 5.56 Å². The first-order valence-corrected chi connectivity index (χ1v) is 6.59. The smallest absolute Gasteiger partial charge is 0.409 e. The van der Waals surface area contributed by atoms with E-state index in [0.717, 1.165) is 0 Å². The molecule has 2 N–H and O–H groups in total. The van der Waals surface area contributed by atoms with E-state index in [1.165, 1.54) is 7.11 Å². The average molecular weight is 295 g/mol. The molecule has 0 spiro atoms. The van der Waals surface area contributed by atoms with E-state index in [9.17, 15) is 4.79 Å². The molecule has 1 aromatic heterocycles. The van der Waals surface area contributed by atoms with Gasteiger partial charge < -0.3 is 9.84 Å². The topological polar surface area (TPSA) is 84.3 Å². The number of hydrogen-bond donors (Lipinski definition) is 2. The summed E-state index contributed by atoms with van der Waals surface area (Å²) in [6, 6.07) is 14.4. The Labute approximate surface area is 126 Å². The van der Waals surface area contributed by atoms with E-state index in [1.54, 1.807) is 24.3 Å². The standard InChI is InChI=1S/C16H13N3O3/c1-22-15-14(17-12-8-4-5-9-13(12)18-15)10-6-2-3-7-11(10)19-16(20)21/h2-9,19H,1H3,(H,20,21). The van der Waals surface area contributed by atoms with E-state index < -0.39 is 6.09 Å². The third-order valence-corrected chi connectivity index (χ3v) is 3.16. The van der Waals surface area contributed by atoms with Crippen molar-refractivity contribution < 1.29 is 14.6 Å². The van der Waals surface area contributed by atoms with E-state index in [-0.39, 0.29) is 0 Å². The lowest BCUT2D eigenvalue weighted by atomic mass is 10.1. The number of rotatable bonds is 3. The van der Waals surface area contributed by atoms with Crippen LogP contribution >= 0.6 is 0 Å². The minimum Gasteiger partial charge on any atom is -0.479 e. The fourth-order valence-corrected chi connectivity index (χ4v) is 2.22. The number of ether oxygens (including phenoxy) is 1. The molecule has 22 heavy (non-hydrogen) atoms. The number of para-hydroxylation sites is 3. The second-order valence-electron chi connectivity index (χ2n) is 4.55. The number of carboxylic acid groups (broad SMARTS) is 1. The number of fused-ring (bicyclic) bond motifs is 1. The fourth-order valence-electron chi connectivity index (χ4n) is 2.22. The van der Waals surface area contributed by atoms with Crippen LogP contribution in [0.4, 0.5) is 10.5 Å². The van der Waals surface area contributed by atoms with Crippen molar-refractivity contribution in [1.82, 2.24) is 9.97 Å². The van der Waals surface area contributed by atoms with Gasteiger partial charge in [0.05, 0.1) is 23.8 Å². The van der Waals surface area contributed by atoms with Crippen molar-refractivity contribution in [1.29, 1.82) is 0 Å². The van der Waals surface area contributed by atoms with Crippen LogP contribution in [0.15, 0.2) is 48.5 Å². The zero-order chi connectivity index (χ0) is 15.5. The SMILES string of the molecule is COc1nc2ccccc2nc1-c1ccccc1NC(=O)O. The first kappa shape index (κ1) is 13.8. The monoisotopic (exact) mass is 295 g/mol. The molecule has 0 aliphatic heterocycles. The maximum absolute atomic E-state index is 10.9. The van der Waals surface area contributed by atoms with Gasteiger partial charge in [-0.3, -0.25) is 5.32 Å². The predicted molar refractivity (Wildman–Crippen MR) is 83.2 cm³/mol. The summed E-state index contributed by atoms with van der Waals surface area (Å²) in [5, 5.41) is 11.3. The largest absolute Gasteiger partial charge is 0.479 e. The number of nitrogens with zero attached hydrogens (tertiary/aromatic N) is 2. The van der Waals surface area contributed by atoms with Gasteiger partial charge in [-0.15, -0.1) is 0 Å². The minimum atomic E-state index is -1.14. The summed E-state index contributed by atoms with van der Waals surface area (Å²) in [5.74, 6) is 0.346. The highest BCUT2D eigenvalue weighted by Crippen LogP contribution is 2.33. The first-order valence-electron chi connectivity index (χ1n) is 6.59. The minimum absolute atomic E-state index is 0.346. The Hall–Kier alpha value is -3.15. The Morgan fingerprint density at radius 2 is 1.68 bits per heavy atom. The average Bonchev–Trinajstić information content (AvgIpc) is 2.53. The molecule has 0 bridgehead atoms. The summed E-state index contributed by atoms with van der Waals surface area (Å²) < 4.78 is 5.32. The van der Waals surface area contributed by atoms with Crippen molar-refractivity contribution in [3.05, 3.63) is 48.5 Å². The number of nitrogens with one attached hydrogen (secondary N) is 1. The van der Waals surface area contributed by atoms with E-state index in [1.807, 2.05) is 24.3 Å². The Balaban J connectivity index is 2.23. The molecule has 6 heteroatoms. The van der Waals surface area contributed by atoms with Gasteiger partial charge in [-0.25, -0.2) is 14.8 Å². The highest BCUT2D eigenvalue weighted by Gasteiger charge is 2.15. The third-order valence-electron chi connectivity index (χ3n) is 3.16. The predicted octanol–water partition coefficient (Wildman–Crippen LogP) is 3.40. The van der Waals surface area contributed by atoms with Crippen molar-refractivity contribution in [2.75, 3.05) is 12.4 Å². The molecule has 1 amide bonds. The zero-order valence-corrected chi connectivity index (χ0v) is 11.8. The highest BCUT2D eigenvalue weighted by molar-refractivity contribution is 5.91. The number of hydrogen-bond acceptors (Lipinski definition) is 4. The van der Waals surface area contributed by atoms with Gasteiger partial charge in [-0.1, -0.05) is 30.3 Å². The number of methoxy groups -OCH3 is 1. The van der Waals surface area contributed by atoms with Crippen molar-refractivity contribution in [2.24, 2.45) is 0 Å². The number of carbonyl (C=O) groups is 1. The number of anilines is 1.